The first-order chi connectivity index (χ1) is 15.5. The van der Waals surface area contributed by atoms with Gasteiger partial charge in [0.1, 0.15) is 24.3 Å². The maximum atomic E-state index is 13.0. The van der Waals surface area contributed by atoms with Crippen molar-refractivity contribution in [2.45, 2.75) is 33.4 Å². The smallest absolute Gasteiger partial charge is 0.191 e. The summed E-state index contributed by atoms with van der Waals surface area (Å²) in [6.45, 7) is 7.46. The number of aliphatic hydroxyl groups excluding tert-OH is 1. The Labute approximate surface area is 188 Å². The fraction of sp³-hybridized carbons (Fsp3) is 0.333. The van der Waals surface area contributed by atoms with Gasteiger partial charge in [0, 0.05) is 18.8 Å². The zero-order valence-electron chi connectivity index (χ0n) is 18.7. The summed E-state index contributed by atoms with van der Waals surface area (Å²) >= 11 is 0. The van der Waals surface area contributed by atoms with E-state index < -0.39 is 6.10 Å². The third-order valence-corrected chi connectivity index (χ3v) is 4.74. The number of aromatic nitrogens is 2. The van der Waals surface area contributed by atoms with Gasteiger partial charge >= 0.3 is 0 Å². The van der Waals surface area contributed by atoms with Crippen LogP contribution in [0.15, 0.2) is 59.6 Å². The zero-order chi connectivity index (χ0) is 22.9. The van der Waals surface area contributed by atoms with E-state index in [1.54, 1.807) is 0 Å². The Morgan fingerprint density at radius 1 is 1.16 bits per heavy atom. The van der Waals surface area contributed by atoms with Crippen molar-refractivity contribution in [1.29, 1.82) is 0 Å². The first-order valence-corrected chi connectivity index (χ1v) is 10.7. The number of guanidine groups is 1. The number of halogens is 1. The number of aliphatic hydroxyl groups is 1. The summed E-state index contributed by atoms with van der Waals surface area (Å²) in [6, 6.07) is 15.8. The van der Waals surface area contributed by atoms with E-state index >= 15 is 0 Å². The first kappa shape index (κ1) is 23.3. The summed E-state index contributed by atoms with van der Waals surface area (Å²) in [5, 5.41) is 21.1. The van der Waals surface area contributed by atoms with Crippen molar-refractivity contribution < 1.29 is 14.2 Å². The van der Waals surface area contributed by atoms with Gasteiger partial charge in [0.15, 0.2) is 5.96 Å². The van der Waals surface area contributed by atoms with Gasteiger partial charge in [-0.1, -0.05) is 18.2 Å². The molecule has 1 aromatic heterocycles. The van der Waals surface area contributed by atoms with Crippen molar-refractivity contribution in [2.75, 3.05) is 19.7 Å². The van der Waals surface area contributed by atoms with Gasteiger partial charge in [0.2, 0.25) is 0 Å². The van der Waals surface area contributed by atoms with Crippen LogP contribution in [0.3, 0.4) is 0 Å². The van der Waals surface area contributed by atoms with Crippen LogP contribution in [0.1, 0.15) is 23.9 Å². The molecule has 3 N–H and O–H groups in total. The first-order valence-electron chi connectivity index (χ1n) is 10.7. The minimum Gasteiger partial charge on any atom is -0.491 e. The van der Waals surface area contributed by atoms with Crippen molar-refractivity contribution in [1.82, 2.24) is 20.4 Å². The van der Waals surface area contributed by atoms with Crippen LogP contribution in [0.2, 0.25) is 0 Å². The van der Waals surface area contributed by atoms with Crippen molar-refractivity contribution in [3.63, 3.8) is 0 Å². The minimum absolute atomic E-state index is 0.0821. The number of aryl methyl sites for hydroxylation is 2. The second-order valence-electron chi connectivity index (χ2n) is 7.46. The van der Waals surface area contributed by atoms with E-state index in [-0.39, 0.29) is 19.0 Å². The van der Waals surface area contributed by atoms with Gasteiger partial charge in [-0.25, -0.2) is 14.1 Å². The fourth-order valence-corrected chi connectivity index (χ4v) is 3.23. The summed E-state index contributed by atoms with van der Waals surface area (Å²) in [5.41, 5.74) is 4.06. The lowest BCUT2D eigenvalue weighted by atomic mass is 10.2. The number of benzene rings is 2. The van der Waals surface area contributed by atoms with Crippen molar-refractivity contribution in [3.8, 4) is 11.4 Å². The van der Waals surface area contributed by atoms with Crippen molar-refractivity contribution in [3.05, 3.63) is 77.4 Å². The number of nitrogens with one attached hydrogen (secondary N) is 2. The quantitative estimate of drug-likeness (QED) is 0.352. The van der Waals surface area contributed by atoms with Crippen LogP contribution >= 0.6 is 0 Å². The minimum atomic E-state index is -0.758. The molecule has 0 spiro atoms. The van der Waals surface area contributed by atoms with Gasteiger partial charge in [-0.2, -0.15) is 5.10 Å². The predicted octanol–water partition coefficient (Wildman–Crippen LogP) is 3.12. The van der Waals surface area contributed by atoms with Gasteiger partial charge in [-0.15, -0.1) is 0 Å². The molecular weight excluding hydrogens is 409 g/mol. The highest BCUT2D eigenvalue weighted by Crippen LogP contribution is 2.18. The van der Waals surface area contributed by atoms with Crippen LogP contribution in [-0.2, 0) is 6.54 Å². The molecule has 170 valence electrons. The molecule has 1 unspecified atom stereocenters. The highest BCUT2D eigenvalue weighted by atomic mass is 19.1. The van der Waals surface area contributed by atoms with Gasteiger partial charge in [-0.05, 0) is 62.7 Å². The summed E-state index contributed by atoms with van der Waals surface area (Å²) in [6.07, 6.45) is -0.758. The molecule has 0 radical (unpaired) electrons. The Morgan fingerprint density at radius 2 is 1.91 bits per heavy atom. The van der Waals surface area contributed by atoms with Crippen LogP contribution in [-0.4, -0.2) is 46.6 Å². The van der Waals surface area contributed by atoms with Crippen LogP contribution in [0, 0.1) is 19.7 Å². The molecule has 0 aliphatic rings. The summed E-state index contributed by atoms with van der Waals surface area (Å²) in [7, 11) is 0. The Kier molecular flexibility index (Phi) is 8.21. The fourth-order valence-electron chi connectivity index (χ4n) is 3.23. The van der Waals surface area contributed by atoms with Gasteiger partial charge in [-0.3, -0.25) is 0 Å². The zero-order valence-corrected chi connectivity index (χ0v) is 18.7. The standard InChI is InChI=1S/C24H30FN5O2/c1-4-26-24(28-15-21(31)16-32-22-11-9-20(25)10-12-22)27-14-19-7-5-6-8-23(19)30-18(3)13-17(2)29-30/h5-13,21,31H,4,14-16H2,1-3H3,(H2,26,27,28). The van der Waals surface area contributed by atoms with Crippen LogP contribution in [0.25, 0.3) is 5.69 Å². The monoisotopic (exact) mass is 439 g/mol. The Hall–Kier alpha value is -3.39. The number of rotatable bonds is 9. The van der Waals surface area contributed by atoms with Gasteiger partial charge < -0.3 is 20.5 Å². The molecule has 0 aliphatic heterocycles. The molecule has 8 heteroatoms. The molecule has 2 aromatic carbocycles. The maximum Gasteiger partial charge on any atom is 0.191 e. The highest BCUT2D eigenvalue weighted by Gasteiger charge is 2.10. The highest BCUT2D eigenvalue weighted by molar-refractivity contribution is 5.79. The summed E-state index contributed by atoms with van der Waals surface area (Å²) < 4.78 is 20.4. The molecule has 0 amide bonds. The predicted molar refractivity (Wildman–Crippen MR) is 124 cm³/mol. The molecule has 3 aromatic rings. The molecule has 0 bridgehead atoms. The van der Waals surface area contributed by atoms with E-state index in [4.69, 9.17) is 4.74 Å². The average molecular weight is 440 g/mol. The van der Waals surface area contributed by atoms with E-state index in [1.165, 1.54) is 24.3 Å². The lowest BCUT2D eigenvalue weighted by molar-refractivity contribution is 0.110. The van der Waals surface area contributed by atoms with Gasteiger partial charge in [0.25, 0.3) is 0 Å². The molecule has 1 atom stereocenters. The number of ether oxygens (including phenoxy) is 1. The molecule has 1 heterocycles. The van der Waals surface area contributed by atoms with E-state index in [0.717, 1.165) is 22.6 Å². The third-order valence-electron chi connectivity index (χ3n) is 4.74. The molecule has 0 saturated carbocycles. The molecule has 0 saturated heterocycles. The third kappa shape index (κ3) is 6.55. The van der Waals surface area contributed by atoms with E-state index in [1.807, 2.05) is 55.8 Å². The number of nitrogens with zero attached hydrogens (tertiary/aromatic N) is 3. The molecule has 32 heavy (non-hydrogen) atoms. The lowest BCUT2D eigenvalue weighted by Crippen LogP contribution is -2.42. The lowest BCUT2D eigenvalue weighted by Gasteiger charge is -2.16. The number of hydrogen-bond donors (Lipinski definition) is 3. The molecule has 0 aliphatic carbocycles. The van der Waals surface area contributed by atoms with Crippen molar-refractivity contribution in [2.24, 2.45) is 4.99 Å². The summed E-state index contributed by atoms with van der Waals surface area (Å²) in [4.78, 5) is 4.67. The van der Waals surface area contributed by atoms with Crippen LogP contribution in [0.4, 0.5) is 4.39 Å². The number of para-hydroxylation sites is 1. The normalized spacial score (nSPS) is 12.5. The largest absolute Gasteiger partial charge is 0.491 e. The maximum absolute atomic E-state index is 13.0. The van der Waals surface area contributed by atoms with E-state index in [9.17, 15) is 9.50 Å². The molecular formula is C24H30FN5O2. The van der Waals surface area contributed by atoms with Crippen LogP contribution < -0.4 is 15.4 Å². The topological polar surface area (TPSA) is 83.7 Å². The van der Waals surface area contributed by atoms with Crippen molar-refractivity contribution >= 4 is 5.96 Å². The molecule has 7 nitrogen and oxygen atoms in total. The SMILES string of the molecule is CCNC(=NCc1ccccc1-n1nc(C)cc1C)NCC(O)COc1ccc(F)cc1. The van der Waals surface area contributed by atoms with Gasteiger partial charge in [0.05, 0.1) is 17.9 Å². The Morgan fingerprint density at radius 3 is 2.59 bits per heavy atom. The molecule has 3 rings (SSSR count). The second kappa shape index (κ2) is 11.3. The Balaban J connectivity index is 1.60. The van der Waals surface area contributed by atoms with Crippen LogP contribution in [0.5, 0.6) is 5.75 Å². The second-order valence-corrected chi connectivity index (χ2v) is 7.46. The summed E-state index contributed by atoms with van der Waals surface area (Å²) in [5.74, 6) is 0.772. The van der Waals surface area contributed by atoms with E-state index in [2.05, 4.69) is 20.7 Å². The average Bonchev–Trinajstić information content (AvgIpc) is 3.13. The molecule has 0 fully saturated rings. The number of aliphatic imine (C=N–C) groups is 1. The van der Waals surface area contributed by atoms with E-state index in [0.29, 0.717) is 24.8 Å². The number of hydrogen-bond acceptors (Lipinski definition) is 4. The Bertz CT molecular complexity index is 1030.